The van der Waals surface area contributed by atoms with Crippen molar-refractivity contribution in [3.05, 3.63) is 29.8 Å². The minimum absolute atomic E-state index is 0.0395. The number of halogens is 4. The van der Waals surface area contributed by atoms with Crippen LogP contribution in [0.5, 0.6) is 0 Å². The summed E-state index contributed by atoms with van der Waals surface area (Å²) in [5.41, 5.74) is -0.992. The van der Waals surface area contributed by atoms with Crippen molar-refractivity contribution < 1.29 is 21.6 Å². The van der Waals surface area contributed by atoms with E-state index in [1.54, 1.807) is 13.8 Å². The monoisotopic (exact) mass is 329 g/mol. The third kappa shape index (κ3) is 3.86. The van der Waals surface area contributed by atoms with Gasteiger partial charge >= 0.3 is 6.18 Å². The largest absolute Gasteiger partial charge is 0.416 e. The lowest BCUT2D eigenvalue weighted by atomic mass is 10.2. The van der Waals surface area contributed by atoms with Gasteiger partial charge in [-0.3, -0.25) is 0 Å². The lowest BCUT2D eigenvalue weighted by Gasteiger charge is -2.25. The van der Waals surface area contributed by atoms with Gasteiger partial charge < -0.3 is 0 Å². The quantitative estimate of drug-likeness (QED) is 0.777. The van der Waals surface area contributed by atoms with Crippen LogP contribution in [0.15, 0.2) is 29.2 Å². The van der Waals surface area contributed by atoms with Crippen molar-refractivity contribution in [2.24, 2.45) is 0 Å². The lowest BCUT2D eigenvalue weighted by molar-refractivity contribution is -0.137. The molecule has 0 saturated heterocycles. The molecule has 1 aromatic carbocycles. The van der Waals surface area contributed by atoms with Gasteiger partial charge in [0.1, 0.15) is 0 Å². The van der Waals surface area contributed by atoms with E-state index in [0.29, 0.717) is 6.07 Å². The maximum absolute atomic E-state index is 12.6. The van der Waals surface area contributed by atoms with Gasteiger partial charge in [-0.05, 0) is 32.0 Å². The van der Waals surface area contributed by atoms with E-state index < -0.39 is 27.8 Å². The molecule has 0 unspecified atom stereocenters. The van der Waals surface area contributed by atoms with Gasteiger partial charge in [-0.2, -0.15) is 17.5 Å². The number of hydrogen-bond donors (Lipinski definition) is 0. The Hall–Kier alpha value is -0.790. The van der Waals surface area contributed by atoms with Gasteiger partial charge in [0.2, 0.25) is 10.0 Å². The van der Waals surface area contributed by atoms with Crippen LogP contribution in [0.25, 0.3) is 0 Å². The molecule has 0 aliphatic heterocycles. The minimum atomic E-state index is -4.58. The standard InChI is InChI=1S/C12H15ClF3NO2S/c1-9(2)17(7-6-13)20(18,19)11-5-3-4-10(8-11)12(14,15)16/h3-5,8-9H,6-7H2,1-2H3. The average Bonchev–Trinajstić information content (AvgIpc) is 2.34. The Balaban J connectivity index is 3.28. The molecule has 0 aliphatic carbocycles. The second-order valence-corrected chi connectivity index (χ2v) is 6.69. The Morgan fingerprint density at radius 3 is 2.35 bits per heavy atom. The number of rotatable bonds is 5. The van der Waals surface area contributed by atoms with Crippen molar-refractivity contribution in [3.63, 3.8) is 0 Å². The Bertz CT molecular complexity index is 558. The highest BCUT2D eigenvalue weighted by Gasteiger charge is 2.33. The number of alkyl halides is 4. The summed E-state index contributed by atoms with van der Waals surface area (Å²) in [6.07, 6.45) is -4.58. The Morgan fingerprint density at radius 2 is 1.90 bits per heavy atom. The van der Waals surface area contributed by atoms with Crippen molar-refractivity contribution in [2.45, 2.75) is 31.0 Å². The van der Waals surface area contributed by atoms with Crippen LogP contribution >= 0.6 is 11.6 Å². The van der Waals surface area contributed by atoms with Crippen molar-refractivity contribution >= 4 is 21.6 Å². The molecule has 114 valence electrons. The first-order valence-corrected chi connectivity index (χ1v) is 7.83. The summed E-state index contributed by atoms with van der Waals surface area (Å²) in [6, 6.07) is 3.30. The highest BCUT2D eigenvalue weighted by atomic mass is 35.5. The van der Waals surface area contributed by atoms with E-state index in [0.717, 1.165) is 22.5 Å². The summed E-state index contributed by atoms with van der Waals surface area (Å²) in [7, 11) is -4.00. The van der Waals surface area contributed by atoms with Gasteiger partial charge in [0.15, 0.2) is 0 Å². The first-order chi connectivity index (χ1) is 9.10. The molecule has 0 aromatic heterocycles. The topological polar surface area (TPSA) is 37.4 Å². The number of sulfonamides is 1. The summed E-state index contributed by atoms with van der Waals surface area (Å²) in [4.78, 5) is -0.383. The SMILES string of the molecule is CC(C)N(CCCl)S(=O)(=O)c1cccc(C(F)(F)F)c1. The summed E-state index contributed by atoms with van der Waals surface area (Å²) >= 11 is 5.55. The summed E-state index contributed by atoms with van der Waals surface area (Å²) in [6.45, 7) is 3.31. The zero-order valence-corrected chi connectivity index (χ0v) is 12.6. The van der Waals surface area contributed by atoms with Gasteiger partial charge in [0, 0.05) is 18.5 Å². The minimum Gasteiger partial charge on any atom is -0.207 e. The Labute approximate surface area is 121 Å². The zero-order valence-electron chi connectivity index (χ0n) is 11.0. The fourth-order valence-electron chi connectivity index (χ4n) is 1.71. The number of hydrogen-bond acceptors (Lipinski definition) is 2. The van der Waals surface area contributed by atoms with E-state index in [4.69, 9.17) is 11.6 Å². The molecule has 3 nitrogen and oxygen atoms in total. The van der Waals surface area contributed by atoms with Crippen molar-refractivity contribution in [1.82, 2.24) is 4.31 Å². The molecule has 0 heterocycles. The van der Waals surface area contributed by atoms with Crippen molar-refractivity contribution in [3.8, 4) is 0 Å². The van der Waals surface area contributed by atoms with E-state index in [1.165, 1.54) is 0 Å². The second kappa shape index (κ2) is 6.32. The molecule has 0 atom stereocenters. The zero-order chi connectivity index (χ0) is 15.6. The predicted molar refractivity (Wildman–Crippen MR) is 71.2 cm³/mol. The van der Waals surface area contributed by atoms with Crippen LogP contribution in [0.4, 0.5) is 13.2 Å². The Kier molecular flexibility index (Phi) is 5.46. The number of nitrogens with zero attached hydrogens (tertiary/aromatic N) is 1. The van der Waals surface area contributed by atoms with E-state index >= 15 is 0 Å². The van der Waals surface area contributed by atoms with Crippen LogP contribution in [-0.4, -0.2) is 31.2 Å². The van der Waals surface area contributed by atoms with Crippen molar-refractivity contribution in [2.75, 3.05) is 12.4 Å². The third-order valence-corrected chi connectivity index (χ3v) is 4.89. The molecule has 0 saturated carbocycles. The lowest BCUT2D eigenvalue weighted by Crippen LogP contribution is -2.38. The molecule has 20 heavy (non-hydrogen) atoms. The molecule has 0 N–H and O–H groups in total. The fourth-order valence-corrected chi connectivity index (χ4v) is 3.67. The molecule has 0 radical (unpaired) electrons. The Morgan fingerprint density at radius 1 is 1.30 bits per heavy atom. The second-order valence-electron chi connectivity index (χ2n) is 4.42. The predicted octanol–water partition coefficient (Wildman–Crippen LogP) is 3.34. The van der Waals surface area contributed by atoms with E-state index in [9.17, 15) is 21.6 Å². The summed E-state index contributed by atoms with van der Waals surface area (Å²) in [5.74, 6) is 0.0658. The van der Waals surface area contributed by atoms with Gasteiger partial charge in [0.25, 0.3) is 0 Å². The van der Waals surface area contributed by atoms with Crippen LogP contribution < -0.4 is 0 Å². The molecule has 1 rings (SSSR count). The van der Waals surface area contributed by atoms with Crippen LogP contribution in [0, 0.1) is 0 Å². The highest BCUT2D eigenvalue weighted by molar-refractivity contribution is 7.89. The third-order valence-electron chi connectivity index (χ3n) is 2.65. The summed E-state index contributed by atoms with van der Waals surface area (Å²) < 4.78 is 63.7. The van der Waals surface area contributed by atoms with Crippen molar-refractivity contribution in [1.29, 1.82) is 0 Å². The first kappa shape index (κ1) is 17.3. The molecule has 0 bridgehead atoms. The van der Waals surface area contributed by atoms with Crippen LogP contribution in [0.3, 0.4) is 0 Å². The number of benzene rings is 1. The van der Waals surface area contributed by atoms with Gasteiger partial charge in [-0.25, -0.2) is 8.42 Å². The van der Waals surface area contributed by atoms with E-state index in [-0.39, 0.29) is 17.3 Å². The van der Waals surface area contributed by atoms with Crippen LogP contribution in [0.2, 0.25) is 0 Å². The molecule has 0 amide bonds. The van der Waals surface area contributed by atoms with E-state index in [2.05, 4.69) is 0 Å². The van der Waals surface area contributed by atoms with Gasteiger partial charge in [-0.15, -0.1) is 11.6 Å². The maximum Gasteiger partial charge on any atom is 0.416 e. The summed E-state index contributed by atoms with van der Waals surface area (Å²) in [5, 5.41) is 0. The molecule has 8 heteroatoms. The fraction of sp³-hybridized carbons (Fsp3) is 0.500. The highest BCUT2D eigenvalue weighted by Crippen LogP contribution is 2.31. The normalized spacial score (nSPS) is 13.2. The molecular weight excluding hydrogens is 315 g/mol. The average molecular weight is 330 g/mol. The molecular formula is C12H15ClF3NO2S. The molecule has 0 aliphatic rings. The van der Waals surface area contributed by atoms with Crippen LogP contribution in [-0.2, 0) is 16.2 Å². The molecule has 0 fully saturated rings. The van der Waals surface area contributed by atoms with Crippen LogP contribution in [0.1, 0.15) is 19.4 Å². The molecule has 0 spiro atoms. The van der Waals surface area contributed by atoms with Gasteiger partial charge in [-0.1, -0.05) is 6.07 Å². The van der Waals surface area contributed by atoms with E-state index in [1.807, 2.05) is 0 Å². The molecule has 1 aromatic rings. The maximum atomic E-state index is 12.6. The van der Waals surface area contributed by atoms with Gasteiger partial charge in [0.05, 0.1) is 10.5 Å². The smallest absolute Gasteiger partial charge is 0.207 e. The first-order valence-electron chi connectivity index (χ1n) is 5.85.